The fourth-order valence-electron chi connectivity index (χ4n) is 6.82. The Hall–Kier alpha value is -3.31. The molecule has 16 heteroatoms. The average Bonchev–Trinajstić information content (AvgIpc) is 3.56. The van der Waals surface area contributed by atoms with Crippen molar-refractivity contribution in [2.24, 2.45) is 5.73 Å². The summed E-state index contributed by atoms with van der Waals surface area (Å²) in [6.07, 6.45) is 0. The first-order valence-electron chi connectivity index (χ1n) is 17.5. The highest BCUT2D eigenvalue weighted by molar-refractivity contribution is 7.89. The van der Waals surface area contributed by atoms with Gasteiger partial charge in [-0.1, -0.05) is 47.5 Å². The van der Waals surface area contributed by atoms with E-state index in [4.69, 9.17) is 43.1 Å². The predicted octanol–water partition coefficient (Wildman–Crippen LogP) is 3.52. The van der Waals surface area contributed by atoms with Gasteiger partial charge in [0.1, 0.15) is 5.75 Å². The van der Waals surface area contributed by atoms with Gasteiger partial charge in [0.2, 0.25) is 15.9 Å². The molecule has 0 spiro atoms. The zero-order chi connectivity index (χ0) is 38.3. The Bertz CT molecular complexity index is 1760. The van der Waals surface area contributed by atoms with Crippen LogP contribution in [0.3, 0.4) is 0 Å². The van der Waals surface area contributed by atoms with E-state index in [1.165, 1.54) is 30.7 Å². The van der Waals surface area contributed by atoms with E-state index in [9.17, 15) is 13.2 Å². The second-order valence-electron chi connectivity index (χ2n) is 13.0. The van der Waals surface area contributed by atoms with Gasteiger partial charge in [0, 0.05) is 69.1 Å². The molecule has 0 aliphatic carbocycles. The average molecular weight is 792 g/mol. The third-order valence-corrected chi connectivity index (χ3v) is 12.2. The van der Waals surface area contributed by atoms with Crippen molar-refractivity contribution >= 4 is 45.0 Å². The lowest BCUT2D eigenvalue weighted by Gasteiger charge is -2.41. The number of hydrogen-bond acceptors (Lipinski definition) is 10. The van der Waals surface area contributed by atoms with Crippen molar-refractivity contribution in [3.63, 3.8) is 0 Å². The molecule has 3 unspecified atom stereocenters. The maximum absolute atomic E-state index is 15.3. The number of nitrogens with two attached hydrogens (primary N) is 1. The first kappa shape index (κ1) is 40.9. The number of hydrogen-bond donors (Lipinski definition) is 3. The minimum absolute atomic E-state index is 0.0305. The highest BCUT2D eigenvalue weighted by Crippen LogP contribution is 2.45. The third-order valence-electron chi connectivity index (χ3n) is 9.80. The molecule has 0 aromatic heterocycles. The van der Waals surface area contributed by atoms with E-state index in [-0.39, 0.29) is 43.7 Å². The number of halogens is 2. The highest BCUT2D eigenvalue weighted by Gasteiger charge is 2.55. The number of ether oxygens (including phenoxy) is 3. The number of methoxy groups -OCH3 is 2. The number of benzene rings is 3. The number of carbonyl (C=O) groups is 2. The monoisotopic (exact) mass is 790 g/mol. The minimum Gasteiger partial charge on any atom is -0.493 e. The number of nitrogens with zero attached hydrogens (tertiary/aromatic N) is 3. The van der Waals surface area contributed by atoms with Crippen LogP contribution < -0.4 is 21.1 Å². The molecule has 2 fully saturated rings. The van der Waals surface area contributed by atoms with E-state index in [2.05, 4.69) is 10.6 Å². The molecule has 2 aliphatic rings. The summed E-state index contributed by atoms with van der Waals surface area (Å²) < 4.78 is 46.6. The molecule has 2 heterocycles. The molecule has 3 aromatic rings. The van der Waals surface area contributed by atoms with E-state index >= 15 is 4.79 Å². The molecule has 3 aromatic carbocycles. The van der Waals surface area contributed by atoms with E-state index in [0.29, 0.717) is 47.5 Å². The SMILES string of the molecule is CCOc1ccc(S(=O)(=O)N(CCOC)CCOC)cc1C1(C(=O)N2CCN(C(C)C(N)=O)CC2)NC(c2ccc(Cl)cc2)C(c2ccc(Cl)cc2)N1. The predicted molar refractivity (Wildman–Crippen MR) is 203 cm³/mol. The van der Waals surface area contributed by atoms with Crippen molar-refractivity contribution in [1.82, 2.24) is 24.7 Å². The summed E-state index contributed by atoms with van der Waals surface area (Å²) in [5.74, 6) is -0.459. The van der Waals surface area contributed by atoms with E-state index in [1.807, 2.05) is 36.1 Å². The second-order valence-corrected chi connectivity index (χ2v) is 15.8. The van der Waals surface area contributed by atoms with Crippen molar-refractivity contribution in [1.29, 1.82) is 0 Å². The van der Waals surface area contributed by atoms with Gasteiger partial charge in [-0.15, -0.1) is 0 Å². The summed E-state index contributed by atoms with van der Waals surface area (Å²) in [6.45, 7) is 5.76. The minimum atomic E-state index is -4.11. The van der Waals surface area contributed by atoms with Crippen LogP contribution in [0.1, 0.15) is 42.6 Å². The van der Waals surface area contributed by atoms with Crippen LogP contribution in [0.25, 0.3) is 0 Å². The molecule has 4 N–H and O–H groups in total. The summed E-state index contributed by atoms with van der Waals surface area (Å²) >= 11 is 12.6. The third kappa shape index (κ3) is 8.98. The Morgan fingerprint density at radius 1 is 0.887 bits per heavy atom. The quantitative estimate of drug-likeness (QED) is 0.196. The maximum atomic E-state index is 15.3. The van der Waals surface area contributed by atoms with Gasteiger partial charge in [-0.3, -0.25) is 25.1 Å². The van der Waals surface area contributed by atoms with Crippen LogP contribution in [0, 0.1) is 0 Å². The molecule has 13 nitrogen and oxygen atoms in total. The van der Waals surface area contributed by atoms with E-state index in [0.717, 1.165) is 11.1 Å². The standard InChI is InChI=1S/C37H48Cl2N6O7S/c1-5-52-32-15-14-30(53(48,49)45(20-22-50-3)21-23-51-4)24-31(32)37(36(47)44-18-16-43(17-19-44)25(2)35(40)46)41-33(26-6-10-28(38)11-7-26)34(42-37)27-8-12-29(39)13-9-27/h6-15,24-25,33-34,41-42H,5,16-23H2,1-4H3,(H2,40,46). The van der Waals surface area contributed by atoms with Crippen LogP contribution in [-0.4, -0.2) is 114 Å². The van der Waals surface area contributed by atoms with Crippen LogP contribution in [-0.2, 0) is 34.7 Å². The van der Waals surface area contributed by atoms with E-state index in [1.54, 1.807) is 42.2 Å². The summed E-state index contributed by atoms with van der Waals surface area (Å²) in [6, 6.07) is 17.8. The highest BCUT2D eigenvalue weighted by atomic mass is 35.5. The van der Waals surface area contributed by atoms with Crippen LogP contribution in [0.2, 0.25) is 10.0 Å². The van der Waals surface area contributed by atoms with Crippen molar-refractivity contribution in [3.05, 3.63) is 93.5 Å². The Labute approximate surface area is 321 Å². The molecule has 0 saturated carbocycles. The van der Waals surface area contributed by atoms with Crippen molar-refractivity contribution in [3.8, 4) is 5.75 Å². The molecule has 0 bridgehead atoms. The number of carbonyl (C=O) groups excluding carboxylic acids is 2. The van der Waals surface area contributed by atoms with Gasteiger partial charge < -0.3 is 24.8 Å². The lowest BCUT2D eigenvalue weighted by Crippen LogP contribution is -2.63. The Balaban J connectivity index is 1.69. The van der Waals surface area contributed by atoms with Gasteiger partial charge in [0.25, 0.3) is 5.91 Å². The first-order chi connectivity index (χ1) is 25.4. The van der Waals surface area contributed by atoms with Crippen LogP contribution in [0.15, 0.2) is 71.6 Å². The zero-order valence-corrected chi connectivity index (χ0v) is 32.7. The maximum Gasteiger partial charge on any atom is 0.262 e. The number of primary amides is 1. The smallest absolute Gasteiger partial charge is 0.262 e. The summed E-state index contributed by atoms with van der Waals surface area (Å²) in [4.78, 5) is 31.0. The van der Waals surface area contributed by atoms with Crippen molar-refractivity contribution < 1.29 is 32.2 Å². The molecule has 288 valence electrons. The molecule has 2 aliphatic heterocycles. The van der Waals surface area contributed by atoms with Crippen LogP contribution >= 0.6 is 23.2 Å². The second kappa shape index (κ2) is 17.9. The Morgan fingerprint density at radius 3 is 1.85 bits per heavy atom. The largest absolute Gasteiger partial charge is 0.493 e. The van der Waals surface area contributed by atoms with Gasteiger partial charge in [0.15, 0.2) is 5.66 Å². The van der Waals surface area contributed by atoms with Crippen LogP contribution in [0.4, 0.5) is 0 Å². The molecule has 0 radical (unpaired) electrons. The lowest BCUT2D eigenvalue weighted by molar-refractivity contribution is -0.142. The van der Waals surface area contributed by atoms with Crippen molar-refractivity contribution in [2.45, 2.75) is 42.5 Å². The number of sulfonamides is 1. The van der Waals surface area contributed by atoms with Gasteiger partial charge in [-0.2, -0.15) is 4.31 Å². The molecule has 53 heavy (non-hydrogen) atoms. The number of amides is 2. The summed E-state index contributed by atoms with van der Waals surface area (Å²) in [5.41, 5.74) is 5.88. The van der Waals surface area contributed by atoms with Gasteiger partial charge in [-0.05, 0) is 67.4 Å². The molecule has 5 rings (SSSR count). The Kier molecular flexibility index (Phi) is 13.8. The van der Waals surface area contributed by atoms with Crippen LogP contribution in [0.5, 0.6) is 5.75 Å². The Morgan fingerprint density at radius 2 is 1.40 bits per heavy atom. The normalized spacial score (nSPS) is 21.5. The molecule has 2 amide bonds. The lowest BCUT2D eigenvalue weighted by atomic mass is 9.95. The van der Waals surface area contributed by atoms with Gasteiger partial charge in [0.05, 0.1) is 42.8 Å². The number of rotatable bonds is 16. The zero-order valence-electron chi connectivity index (χ0n) is 30.4. The summed E-state index contributed by atoms with van der Waals surface area (Å²) in [7, 11) is -1.10. The molecule has 3 atom stereocenters. The number of piperazine rings is 1. The summed E-state index contributed by atoms with van der Waals surface area (Å²) in [5, 5.41) is 8.40. The van der Waals surface area contributed by atoms with Crippen molar-refractivity contribution in [2.75, 3.05) is 73.3 Å². The first-order valence-corrected chi connectivity index (χ1v) is 19.7. The fraction of sp³-hybridized carbons (Fsp3) is 0.459. The molecule has 2 saturated heterocycles. The van der Waals surface area contributed by atoms with Gasteiger partial charge >= 0.3 is 0 Å². The molecular weight excluding hydrogens is 743 g/mol. The van der Waals surface area contributed by atoms with Gasteiger partial charge in [-0.25, -0.2) is 8.42 Å². The molecular formula is C37H48Cl2N6O7S. The fourth-order valence-corrected chi connectivity index (χ4v) is 8.51. The topological polar surface area (TPSA) is 156 Å². The number of nitrogens with one attached hydrogen (secondary N) is 2. The van der Waals surface area contributed by atoms with E-state index < -0.39 is 39.7 Å².